The van der Waals surface area contributed by atoms with E-state index in [2.05, 4.69) is 26.0 Å². The molecule has 0 aromatic heterocycles. The molecular weight excluding hydrogens is 226 g/mol. The van der Waals surface area contributed by atoms with Gasteiger partial charge in [-0.25, -0.2) is 0 Å². The molecule has 0 unspecified atom stereocenters. The summed E-state index contributed by atoms with van der Waals surface area (Å²) in [4.78, 5) is 13.5. The van der Waals surface area contributed by atoms with Crippen molar-refractivity contribution in [2.75, 3.05) is 13.1 Å². The fourth-order valence-corrected chi connectivity index (χ4v) is 2.21. The van der Waals surface area contributed by atoms with E-state index in [1.54, 1.807) is 4.90 Å². The maximum Gasteiger partial charge on any atom is 0.227 e. The third-order valence-corrected chi connectivity index (χ3v) is 3.24. The van der Waals surface area contributed by atoms with Gasteiger partial charge >= 0.3 is 0 Å². The largest absolute Gasteiger partial charge is 0.389 e. The average Bonchev–Trinajstić information content (AvgIpc) is 2.27. The topological polar surface area (TPSA) is 40.5 Å². The highest BCUT2D eigenvalue weighted by Gasteiger charge is 2.28. The Morgan fingerprint density at radius 2 is 1.83 bits per heavy atom. The minimum Gasteiger partial charge on any atom is -0.389 e. The van der Waals surface area contributed by atoms with Crippen molar-refractivity contribution in [2.45, 2.75) is 32.8 Å². The second-order valence-corrected chi connectivity index (χ2v) is 5.54. The van der Waals surface area contributed by atoms with E-state index < -0.39 is 0 Å². The van der Waals surface area contributed by atoms with Crippen molar-refractivity contribution in [1.29, 1.82) is 0 Å². The predicted octanol–water partition coefficient (Wildman–Crippen LogP) is 1.63. The van der Waals surface area contributed by atoms with Gasteiger partial charge in [-0.3, -0.25) is 4.79 Å². The lowest BCUT2D eigenvalue weighted by Crippen LogP contribution is -2.53. The lowest BCUT2D eigenvalue weighted by molar-refractivity contribution is -0.140. The number of rotatable bonds is 4. The van der Waals surface area contributed by atoms with Gasteiger partial charge in [-0.2, -0.15) is 0 Å². The Kier molecular flexibility index (Phi) is 4.02. The highest BCUT2D eigenvalue weighted by molar-refractivity contribution is 5.79. The van der Waals surface area contributed by atoms with Crippen LogP contribution in [0.5, 0.6) is 0 Å². The van der Waals surface area contributed by atoms with E-state index in [0.717, 1.165) is 12.0 Å². The van der Waals surface area contributed by atoms with Crippen LogP contribution in [0.3, 0.4) is 0 Å². The van der Waals surface area contributed by atoms with Gasteiger partial charge in [-0.05, 0) is 23.5 Å². The first-order chi connectivity index (χ1) is 8.54. The van der Waals surface area contributed by atoms with E-state index in [0.29, 0.717) is 25.4 Å². The number of β-amino-alcohol motifs (C(OH)–C–C–N with tert-alkyl or cyclic N) is 1. The molecule has 98 valence electrons. The summed E-state index contributed by atoms with van der Waals surface area (Å²) in [5, 5.41) is 9.16. The smallest absolute Gasteiger partial charge is 0.227 e. The number of amides is 1. The molecule has 0 spiro atoms. The van der Waals surface area contributed by atoms with Gasteiger partial charge in [0.05, 0.1) is 12.5 Å². The first-order valence-corrected chi connectivity index (χ1v) is 6.58. The Morgan fingerprint density at radius 3 is 2.33 bits per heavy atom. The van der Waals surface area contributed by atoms with Crippen LogP contribution in [0.4, 0.5) is 0 Å². The average molecular weight is 247 g/mol. The molecule has 1 aliphatic rings. The molecule has 0 aliphatic carbocycles. The van der Waals surface area contributed by atoms with Gasteiger partial charge in [0.25, 0.3) is 0 Å². The van der Waals surface area contributed by atoms with Crippen LogP contribution in [0.1, 0.15) is 25.0 Å². The summed E-state index contributed by atoms with van der Waals surface area (Å²) in [7, 11) is 0. The van der Waals surface area contributed by atoms with E-state index in [9.17, 15) is 4.79 Å². The van der Waals surface area contributed by atoms with Crippen molar-refractivity contribution in [3.63, 3.8) is 0 Å². The van der Waals surface area contributed by atoms with Crippen LogP contribution in [-0.4, -0.2) is 35.1 Å². The number of nitrogens with zero attached hydrogens (tertiary/aromatic N) is 1. The molecule has 1 aromatic rings. The molecule has 0 radical (unpaired) electrons. The fraction of sp³-hybridized carbons (Fsp3) is 0.533. The Balaban J connectivity index is 1.88. The molecule has 1 saturated heterocycles. The number of carbonyl (C=O) groups excluding carboxylic acids is 1. The lowest BCUT2D eigenvalue weighted by atomic mass is 10.0. The van der Waals surface area contributed by atoms with E-state index in [-0.39, 0.29) is 12.0 Å². The molecule has 1 amide bonds. The van der Waals surface area contributed by atoms with Gasteiger partial charge in [-0.1, -0.05) is 38.1 Å². The number of aliphatic hydroxyl groups is 1. The zero-order valence-electron chi connectivity index (χ0n) is 11.1. The van der Waals surface area contributed by atoms with Crippen molar-refractivity contribution in [2.24, 2.45) is 5.92 Å². The zero-order chi connectivity index (χ0) is 13.1. The Bertz CT molecular complexity index is 405. The number of benzene rings is 1. The number of hydrogen-bond acceptors (Lipinski definition) is 2. The number of aliphatic hydroxyl groups excluding tert-OH is 1. The van der Waals surface area contributed by atoms with Gasteiger partial charge in [0.2, 0.25) is 5.91 Å². The van der Waals surface area contributed by atoms with Crippen molar-refractivity contribution >= 4 is 5.91 Å². The predicted molar refractivity (Wildman–Crippen MR) is 71.3 cm³/mol. The first-order valence-electron chi connectivity index (χ1n) is 6.58. The summed E-state index contributed by atoms with van der Waals surface area (Å²) >= 11 is 0. The summed E-state index contributed by atoms with van der Waals surface area (Å²) in [5.74, 6) is 0.761. The Morgan fingerprint density at radius 1 is 1.28 bits per heavy atom. The molecule has 2 rings (SSSR count). The van der Waals surface area contributed by atoms with Crippen molar-refractivity contribution in [3.8, 4) is 0 Å². The maximum absolute atomic E-state index is 11.8. The van der Waals surface area contributed by atoms with Crippen LogP contribution in [0.2, 0.25) is 0 Å². The molecule has 1 heterocycles. The van der Waals surface area contributed by atoms with Gasteiger partial charge in [0, 0.05) is 13.1 Å². The van der Waals surface area contributed by atoms with Gasteiger partial charge in [0.15, 0.2) is 0 Å². The second-order valence-electron chi connectivity index (χ2n) is 5.54. The highest BCUT2D eigenvalue weighted by atomic mass is 16.3. The van der Waals surface area contributed by atoms with Crippen molar-refractivity contribution < 1.29 is 9.90 Å². The van der Waals surface area contributed by atoms with Crippen LogP contribution in [0, 0.1) is 5.92 Å². The highest BCUT2D eigenvalue weighted by Crippen LogP contribution is 2.13. The molecule has 3 nitrogen and oxygen atoms in total. The molecule has 1 aliphatic heterocycles. The van der Waals surface area contributed by atoms with E-state index >= 15 is 0 Å². The van der Waals surface area contributed by atoms with E-state index in [1.807, 2.05) is 12.1 Å². The fourth-order valence-electron chi connectivity index (χ4n) is 2.21. The number of carbonyl (C=O) groups is 1. The van der Waals surface area contributed by atoms with Gasteiger partial charge in [0.1, 0.15) is 0 Å². The van der Waals surface area contributed by atoms with Crippen LogP contribution >= 0.6 is 0 Å². The van der Waals surface area contributed by atoms with Crippen LogP contribution in [0.25, 0.3) is 0 Å². The Labute approximate surface area is 108 Å². The third kappa shape index (κ3) is 3.33. The van der Waals surface area contributed by atoms with E-state index in [1.165, 1.54) is 5.56 Å². The number of likely N-dealkylation sites (tertiary alicyclic amines) is 1. The molecule has 0 saturated carbocycles. The maximum atomic E-state index is 11.8. The molecule has 1 aromatic carbocycles. The summed E-state index contributed by atoms with van der Waals surface area (Å²) in [6, 6.07) is 8.28. The van der Waals surface area contributed by atoms with Crippen LogP contribution in [0.15, 0.2) is 24.3 Å². The molecule has 1 N–H and O–H groups in total. The van der Waals surface area contributed by atoms with Crippen molar-refractivity contribution in [1.82, 2.24) is 4.90 Å². The molecule has 0 bridgehead atoms. The van der Waals surface area contributed by atoms with E-state index in [4.69, 9.17) is 5.11 Å². The van der Waals surface area contributed by atoms with Gasteiger partial charge in [-0.15, -0.1) is 0 Å². The summed E-state index contributed by atoms with van der Waals surface area (Å²) in [6.07, 6.45) is 1.20. The molecular formula is C15H21NO2. The minimum atomic E-state index is -0.317. The molecule has 0 atom stereocenters. The molecule has 1 fully saturated rings. The molecule has 18 heavy (non-hydrogen) atoms. The van der Waals surface area contributed by atoms with Crippen LogP contribution < -0.4 is 0 Å². The van der Waals surface area contributed by atoms with Crippen LogP contribution in [-0.2, 0) is 17.6 Å². The summed E-state index contributed by atoms with van der Waals surface area (Å²) in [6.45, 7) is 5.38. The van der Waals surface area contributed by atoms with Gasteiger partial charge < -0.3 is 10.0 Å². The summed E-state index contributed by atoms with van der Waals surface area (Å²) in [5.41, 5.74) is 2.37. The second kappa shape index (κ2) is 5.53. The molecule has 3 heteroatoms. The SMILES string of the molecule is CC(C)Cc1ccc(CC(=O)N2CC(O)C2)cc1. The minimum absolute atomic E-state index is 0.108. The standard InChI is InChI=1S/C15H21NO2/c1-11(2)7-12-3-5-13(6-4-12)8-15(18)16-9-14(17)10-16/h3-6,11,14,17H,7-10H2,1-2H3. The third-order valence-electron chi connectivity index (χ3n) is 3.24. The quantitative estimate of drug-likeness (QED) is 0.878. The summed E-state index contributed by atoms with van der Waals surface area (Å²) < 4.78 is 0. The lowest BCUT2D eigenvalue weighted by Gasteiger charge is -2.35. The van der Waals surface area contributed by atoms with Crippen molar-refractivity contribution in [3.05, 3.63) is 35.4 Å². The first kappa shape index (κ1) is 13.1. The zero-order valence-corrected chi connectivity index (χ0v) is 11.1. The monoisotopic (exact) mass is 247 g/mol. The Hall–Kier alpha value is -1.35. The normalized spacial score (nSPS) is 15.9. The number of hydrogen-bond donors (Lipinski definition) is 1.